The summed E-state index contributed by atoms with van der Waals surface area (Å²) in [4.78, 5) is 16.0. The fraction of sp³-hybridized carbons (Fsp3) is 0.727. The van der Waals surface area contributed by atoms with Gasteiger partial charge in [0.1, 0.15) is 5.82 Å². The summed E-state index contributed by atoms with van der Waals surface area (Å²) < 4.78 is 19.2. The molecule has 1 rings (SSSR count). The highest BCUT2D eigenvalue weighted by atomic mass is 31.2. The van der Waals surface area contributed by atoms with Crippen molar-refractivity contribution in [2.45, 2.75) is 40.5 Å². The maximum absolute atomic E-state index is 10.5. The van der Waals surface area contributed by atoms with Gasteiger partial charge in [-0.1, -0.05) is 13.8 Å². The third kappa shape index (κ3) is 7.61. The van der Waals surface area contributed by atoms with Crippen LogP contribution in [0.5, 0.6) is 0 Å². The van der Waals surface area contributed by atoms with Crippen LogP contribution < -0.4 is 0 Å². The average Bonchev–Trinajstić information content (AvgIpc) is 2.77. The number of aryl methyl sites for hydroxylation is 2. The van der Waals surface area contributed by atoms with E-state index in [2.05, 4.69) is 32.9 Å². The van der Waals surface area contributed by atoms with Crippen LogP contribution in [0.1, 0.15) is 39.2 Å². The molecule has 6 nitrogen and oxygen atoms in total. The Balaban J connectivity index is 0.000000321. The van der Waals surface area contributed by atoms with E-state index in [9.17, 15) is 4.57 Å². The van der Waals surface area contributed by atoms with Crippen LogP contribution in [0.25, 0.3) is 0 Å². The van der Waals surface area contributed by atoms with Gasteiger partial charge in [-0.15, -0.1) is 0 Å². The Bertz CT molecular complexity index is 339. The van der Waals surface area contributed by atoms with Gasteiger partial charge in [0.15, 0.2) is 0 Å². The van der Waals surface area contributed by atoms with Gasteiger partial charge < -0.3 is 9.88 Å². The van der Waals surface area contributed by atoms with Crippen LogP contribution in [0.3, 0.4) is 0 Å². The highest BCUT2D eigenvalue weighted by molar-refractivity contribution is 7.47. The molecule has 0 saturated carbocycles. The molecule has 0 aromatic carbocycles. The third-order valence-electron chi connectivity index (χ3n) is 1.98. The van der Waals surface area contributed by atoms with Gasteiger partial charge in [0.2, 0.25) is 0 Å². The van der Waals surface area contributed by atoms with Crippen molar-refractivity contribution in [3.05, 3.63) is 17.7 Å². The summed E-state index contributed by atoms with van der Waals surface area (Å²) in [5.74, 6) is 1.09. The predicted molar refractivity (Wildman–Crippen MR) is 70.4 cm³/mol. The zero-order chi connectivity index (χ0) is 14.0. The van der Waals surface area contributed by atoms with Crippen LogP contribution in [0.15, 0.2) is 6.20 Å². The number of hydrogen-bond donors (Lipinski definition) is 2. The fourth-order valence-electron chi connectivity index (χ4n) is 1.13. The van der Waals surface area contributed by atoms with E-state index in [-0.39, 0.29) is 13.2 Å². The largest absolute Gasteiger partial charge is 0.472 e. The van der Waals surface area contributed by atoms with Crippen molar-refractivity contribution in [2.75, 3.05) is 13.2 Å². The summed E-state index contributed by atoms with van der Waals surface area (Å²) in [5, 5.41) is 0. The number of nitrogens with one attached hydrogen (secondary N) is 1. The Morgan fingerprint density at radius 2 is 1.78 bits per heavy atom. The van der Waals surface area contributed by atoms with Crippen molar-refractivity contribution in [1.29, 1.82) is 0 Å². The lowest BCUT2D eigenvalue weighted by Crippen LogP contribution is -1.93. The molecular weight excluding hydrogens is 255 g/mol. The Morgan fingerprint density at radius 3 is 2.06 bits per heavy atom. The second kappa shape index (κ2) is 9.28. The van der Waals surface area contributed by atoms with Crippen LogP contribution in [-0.4, -0.2) is 28.1 Å². The van der Waals surface area contributed by atoms with Crippen molar-refractivity contribution in [3.8, 4) is 0 Å². The first kappa shape index (κ1) is 17.3. The summed E-state index contributed by atoms with van der Waals surface area (Å²) in [7, 11) is -3.69. The highest BCUT2D eigenvalue weighted by Gasteiger charge is 2.17. The molecule has 0 fully saturated rings. The van der Waals surface area contributed by atoms with E-state index in [4.69, 9.17) is 4.89 Å². The minimum Gasteiger partial charge on any atom is -0.346 e. The molecule has 0 aliphatic rings. The number of hydrogen-bond acceptors (Lipinski definition) is 4. The third-order valence-corrected chi connectivity index (χ3v) is 3.15. The van der Waals surface area contributed by atoms with Gasteiger partial charge in [-0.3, -0.25) is 9.05 Å². The average molecular weight is 278 g/mol. The zero-order valence-electron chi connectivity index (χ0n) is 11.5. The van der Waals surface area contributed by atoms with E-state index >= 15 is 0 Å². The van der Waals surface area contributed by atoms with Crippen molar-refractivity contribution < 1.29 is 18.5 Å². The van der Waals surface area contributed by atoms with E-state index in [1.54, 1.807) is 13.8 Å². The molecule has 106 valence electrons. The van der Waals surface area contributed by atoms with Gasteiger partial charge in [-0.2, -0.15) is 0 Å². The summed E-state index contributed by atoms with van der Waals surface area (Å²) in [6.45, 7) is 7.84. The quantitative estimate of drug-likeness (QED) is 0.781. The lowest BCUT2D eigenvalue weighted by atomic mass is 10.4. The van der Waals surface area contributed by atoms with Gasteiger partial charge in [0, 0.05) is 18.3 Å². The molecule has 0 unspecified atom stereocenters. The van der Waals surface area contributed by atoms with E-state index in [1.807, 2.05) is 6.20 Å². The molecular formula is C11H23N2O4P. The van der Waals surface area contributed by atoms with Crippen molar-refractivity contribution >= 4 is 7.82 Å². The second-order valence-electron chi connectivity index (χ2n) is 3.37. The maximum Gasteiger partial charge on any atom is 0.472 e. The van der Waals surface area contributed by atoms with Crippen LogP contribution in [0.4, 0.5) is 0 Å². The number of aromatic amines is 1. The molecule has 0 bridgehead atoms. The molecule has 1 aromatic rings. The molecule has 1 heterocycles. The lowest BCUT2D eigenvalue weighted by molar-refractivity contribution is 0.161. The highest BCUT2D eigenvalue weighted by Crippen LogP contribution is 2.42. The zero-order valence-corrected chi connectivity index (χ0v) is 12.4. The lowest BCUT2D eigenvalue weighted by Gasteiger charge is -2.07. The molecule has 18 heavy (non-hydrogen) atoms. The van der Waals surface area contributed by atoms with Gasteiger partial charge in [0.05, 0.1) is 13.2 Å². The summed E-state index contributed by atoms with van der Waals surface area (Å²) in [5.41, 5.74) is 1.23. The Hall–Kier alpha value is -0.680. The number of aromatic nitrogens is 2. The number of H-pyrrole nitrogens is 1. The van der Waals surface area contributed by atoms with Crippen molar-refractivity contribution in [1.82, 2.24) is 9.97 Å². The van der Waals surface area contributed by atoms with Crippen LogP contribution in [-0.2, 0) is 26.5 Å². The van der Waals surface area contributed by atoms with Gasteiger partial charge in [0.25, 0.3) is 0 Å². The van der Waals surface area contributed by atoms with E-state index in [0.717, 1.165) is 18.7 Å². The van der Waals surface area contributed by atoms with Crippen LogP contribution >= 0.6 is 7.82 Å². The minimum atomic E-state index is -3.69. The topological polar surface area (TPSA) is 84.4 Å². The summed E-state index contributed by atoms with van der Waals surface area (Å²) in [6.07, 6.45) is 3.95. The molecule has 0 spiro atoms. The van der Waals surface area contributed by atoms with Gasteiger partial charge in [-0.05, 0) is 20.3 Å². The number of rotatable bonds is 6. The van der Waals surface area contributed by atoms with E-state index < -0.39 is 7.82 Å². The molecule has 1 aromatic heterocycles. The Morgan fingerprint density at radius 1 is 1.22 bits per heavy atom. The van der Waals surface area contributed by atoms with Crippen LogP contribution in [0, 0.1) is 0 Å². The van der Waals surface area contributed by atoms with Gasteiger partial charge in [-0.25, -0.2) is 9.55 Å². The minimum absolute atomic E-state index is 0.188. The smallest absolute Gasteiger partial charge is 0.346 e. The molecule has 0 amide bonds. The van der Waals surface area contributed by atoms with Gasteiger partial charge >= 0.3 is 7.82 Å². The first-order valence-electron chi connectivity index (χ1n) is 6.13. The summed E-state index contributed by atoms with van der Waals surface area (Å²) in [6, 6.07) is 0. The molecule has 0 saturated heterocycles. The molecule has 2 N–H and O–H groups in total. The standard InChI is InChI=1S/C7H12N2.C4H11O4P/c1-3-6-5-8-7(4-2)9-6;1-3-7-9(5,6)8-4-2/h5H,3-4H2,1-2H3,(H,8,9);3-4H2,1-2H3,(H,5,6). The van der Waals surface area contributed by atoms with Crippen molar-refractivity contribution in [3.63, 3.8) is 0 Å². The Kier molecular flexibility index (Phi) is 8.93. The second-order valence-corrected chi connectivity index (χ2v) is 4.82. The predicted octanol–water partition coefficient (Wildman–Crippen LogP) is 2.69. The van der Waals surface area contributed by atoms with E-state index in [1.165, 1.54) is 5.69 Å². The first-order chi connectivity index (χ1) is 8.49. The Labute approximate surface area is 108 Å². The SMILES string of the molecule is CCOP(=O)(O)OCC.CCc1cnc(CC)[nH]1. The molecule has 0 atom stereocenters. The number of nitrogens with zero attached hydrogens (tertiary/aromatic N) is 1. The van der Waals surface area contributed by atoms with Crippen LogP contribution in [0.2, 0.25) is 0 Å². The number of imidazole rings is 1. The number of phosphoric acid groups is 1. The maximum atomic E-state index is 10.5. The summed E-state index contributed by atoms with van der Waals surface area (Å²) >= 11 is 0. The molecule has 0 aliphatic heterocycles. The molecule has 0 radical (unpaired) electrons. The molecule has 0 aliphatic carbocycles. The van der Waals surface area contributed by atoms with Crippen molar-refractivity contribution in [2.24, 2.45) is 0 Å². The van der Waals surface area contributed by atoms with E-state index in [0.29, 0.717) is 0 Å². The normalized spacial score (nSPS) is 10.9. The number of phosphoric ester groups is 1. The fourth-order valence-corrected chi connectivity index (χ4v) is 1.86. The molecule has 7 heteroatoms. The monoisotopic (exact) mass is 278 g/mol. The first-order valence-corrected chi connectivity index (χ1v) is 7.63.